The number of ether oxygens (including phenoxy) is 2. The van der Waals surface area contributed by atoms with Gasteiger partial charge in [-0.2, -0.15) is 0 Å². The highest BCUT2D eigenvalue weighted by molar-refractivity contribution is 5.43. The Balaban J connectivity index is 1.45. The van der Waals surface area contributed by atoms with Crippen molar-refractivity contribution in [3.05, 3.63) is 23.8 Å². The lowest BCUT2D eigenvalue weighted by Gasteiger charge is -2.35. The molecule has 3 rings (SSSR count). The van der Waals surface area contributed by atoms with Crippen LogP contribution in [0.3, 0.4) is 0 Å². The molecule has 0 amide bonds. The van der Waals surface area contributed by atoms with Crippen molar-refractivity contribution in [1.82, 2.24) is 19.6 Å². The Morgan fingerprint density at radius 1 is 0.833 bits per heavy atom. The van der Waals surface area contributed by atoms with Gasteiger partial charge >= 0.3 is 0 Å². The van der Waals surface area contributed by atoms with Crippen LogP contribution in [-0.2, 0) is 6.54 Å². The molecule has 170 valence electrons. The molecule has 0 saturated carbocycles. The van der Waals surface area contributed by atoms with E-state index < -0.39 is 6.10 Å². The molecule has 0 radical (unpaired) electrons. The lowest BCUT2D eigenvalue weighted by molar-refractivity contribution is 0.0464. The molecule has 1 N–H and O–H groups in total. The molecule has 0 bridgehead atoms. The van der Waals surface area contributed by atoms with Gasteiger partial charge in [0, 0.05) is 65.4 Å². The number of likely N-dealkylation sites (N-methyl/N-ethyl adjacent to an activating group) is 2. The molecule has 2 aliphatic rings. The van der Waals surface area contributed by atoms with Crippen LogP contribution in [0.2, 0.25) is 0 Å². The molecule has 1 aromatic carbocycles. The van der Waals surface area contributed by atoms with Crippen LogP contribution in [0.4, 0.5) is 0 Å². The van der Waals surface area contributed by atoms with Gasteiger partial charge in [-0.1, -0.05) is 19.9 Å². The Bertz CT molecular complexity index is 629. The average Bonchev–Trinajstić information content (AvgIpc) is 2.79. The number of piperazine rings is 2. The second-order valence-electron chi connectivity index (χ2n) is 8.40. The predicted molar refractivity (Wildman–Crippen MR) is 120 cm³/mol. The fraction of sp³-hybridized carbons (Fsp3) is 0.739. The molecule has 2 heterocycles. The molecule has 0 aromatic heterocycles. The van der Waals surface area contributed by atoms with Gasteiger partial charge in [-0.05, 0) is 30.8 Å². The summed E-state index contributed by atoms with van der Waals surface area (Å²) in [6.45, 7) is 17.2. The summed E-state index contributed by atoms with van der Waals surface area (Å²) in [5.74, 6) is 1.44. The van der Waals surface area contributed by atoms with E-state index in [1.54, 1.807) is 7.11 Å². The normalized spacial score (nSPS) is 20.9. The summed E-state index contributed by atoms with van der Waals surface area (Å²) in [6.07, 6.45) is -0.502. The lowest BCUT2D eigenvalue weighted by atomic mass is 10.1. The zero-order valence-electron chi connectivity index (χ0n) is 19.1. The molecule has 2 fully saturated rings. The molecule has 0 aliphatic carbocycles. The number of nitrogens with zero attached hydrogens (tertiary/aromatic N) is 4. The molecule has 30 heavy (non-hydrogen) atoms. The maximum absolute atomic E-state index is 10.4. The largest absolute Gasteiger partial charge is 0.493 e. The van der Waals surface area contributed by atoms with Gasteiger partial charge in [-0.15, -0.1) is 0 Å². The first kappa shape index (κ1) is 23.3. The van der Waals surface area contributed by atoms with Crippen molar-refractivity contribution in [3.8, 4) is 11.5 Å². The van der Waals surface area contributed by atoms with Crippen molar-refractivity contribution in [1.29, 1.82) is 0 Å². The number of benzene rings is 1. The molecule has 0 spiro atoms. The van der Waals surface area contributed by atoms with Gasteiger partial charge in [0.15, 0.2) is 11.5 Å². The van der Waals surface area contributed by atoms with Gasteiger partial charge in [-0.25, -0.2) is 0 Å². The molecular weight excluding hydrogens is 380 g/mol. The van der Waals surface area contributed by atoms with Crippen molar-refractivity contribution in [2.24, 2.45) is 0 Å². The minimum atomic E-state index is -0.502. The predicted octanol–water partition coefficient (Wildman–Crippen LogP) is 1.21. The SMILES string of the molecule is CCN1CCN(Cc2ccc(OCC(O)CN3CCN(CC)CC3)c(OC)c2)CC1. The maximum Gasteiger partial charge on any atom is 0.161 e. The van der Waals surface area contributed by atoms with Gasteiger partial charge < -0.3 is 24.4 Å². The standard InChI is InChI=1S/C23H40N4O3/c1-4-24-8-12-26(13-9-24)17-20-6-7-22(23(16-20)29-3)30-19-21(28)18-27-14-10-25(5-2)11-15-27/h6-7,16,21,28H,4-5,8-15,17-19H2,1-3H3. The fourth-order valence-corrected chi connectivity index (χ4v) is 4.28. The summed E-state index contributed by atoms with van der Waals surface area (Å²) in [5, 5.41) is 10.4. The van der Waals surface area contributed by atoms with E-state index in [-0.39, 0.29) is 6.61 Å². The third-order valence-corrected chi connectivity index (χ3v) is 6.36. The topological polar surface area (TPSA) is 51.7 Å². The third-order valence-electron chi connectivity index (χ3n) is 6.36. The van der Waals surface area contributed by atoms with E-state index in [2.05, 4.69) is 45.6 Å². The van der Waals surface area contributed by atoms with Gasteiger partial charge in [0.2, 0.25) is 0 Å². The molecule has 1 atom stereocenters. The van der Waals surface area contributed by atoms with Crippen molar-refractivity contribution >= 4 is 0 Å². The Hall–Kier alpha value is -1.38. The molecule has 7 nitrogen and oxygen atoms in total. The highest BCUT2D eigenvalue weighted by Crippen LogP contribution is 2.29. The Morgan fingerprint density at radius 3 is 1.97 bits per heavy atom. The van der Waals surface area contributed by atoms with E-state index in [1.165, 1.54) is 5.56 Å². The second-order valence-corrected chi connectivity index (χ2v) is 8.40. The molecule has 1 aromatic rings. The van der Waals surface area contributed by atoms with E-state index in [1.807, 2.05) is 6.07 Å². The summed E-state index contributed by atoms with van der Waals surface area (Å²) >= 11 is 0. The summed E-state index contributed by atoms with van der Waals surface area (Å²) < 4.78 is 11.5. The van der Waals surface area contributed by atoms with E-state index in [4.69, 9.17) is 9.47 Å². The Kier molecular flexibility index (Phi) is 9.21. The molecular formula is C23H40N4O3. The number of hydrogen-bond acceptors (Lipinski definition) is 7. The van der Waals surface area contributed by atoms with Crippen LogP contribution in [0.25, 0.3) is 0 Å². The van der Waals surface area contributed by atoms with Crippen molar-refractivity contribution in [3.63, 3.8) is 0 Å². The fourth-order valence-electron chi connectivity index (χ4n) is 4.28. The first-order valence-electron chi connectivity index (χ1n) is 11.5. The summed E-state index contributed by atoms with van der Waals surface area (Å²) in [6, 6.07) is 6.15. The van der Waals surface area contributed by atoms with Crippen molar-refractivity contribution < 1.29 is 14.6 Å². The second kappa shape index (κ2) is 11.9. The highest BCUT2D eigenvalue weighted by Gasteiger charge is 2.19. The van der Waals surface area contributed by atoms with Gasteiger partial charge in [0.05, 0.1) is 7.11 Å². The zero-order valence-corrected chi connectivity index (χ0v) is 19.1. The number of hydrogen-bond donors (Lipinski definition) is 1. The third kappa shape index (κ3) is 6.82. The number of methoxy groups -OCH3 is 1. The van der Waals surface area contributed by atoms with Gasteiger partial charge in [0.1, 0.15) is 12.7 Å². The quantitative estimate of drug-likeness (QED) is 0.611. The smallest absolute Gasteiger partial charge is 0.161 e. The first-order valence-corrected chi connectivity index (χ1v) is 11.5. The summed E-state index contributed by atoms with van der Waals surface area (Å²) in [4.78, 5) is 9.74. The number of rotatable bonds is 10. The molecule has 2 saturated heterocycles. The van der Waals surface area contributed by atoms with Crippen molar-refractivity contribution in [2.75, 3.05) is 85.7 Å². The summed E-state index contributed by atoms with van der Waals surface area (Å²) in [5.41, 5.74) is 1.23. The highest BCUT2D eigenvalue weighted by atomic mass is 16.5. The van der Waals surface area contributed by atoms with Crippen LogP contribution in [0.5, 0.6) is 11.5 Å². The Labute approximate surface area is 182 Å². The average molecular weight is 421 g/mol. The maximum atomic E-state index is 10.4. The zero-order chi connectivity index (χ0) is 21.3. The van der Waals surface area contributed by atoms with Crippen LogP contribution in [-0.4, -0.2) is 117 Å². The Morgan fingerprint density at radius 2 is 1.40 bits per heavy atom. The number of aliphatic hydroxyl groups is 1. The van der Waals surface area contributed by atoms with Crippen LogP contribution in [0, 0.1) is 0 Å². The van der Waals surface area contributed by atoms with Gasteiger partial charge in [-0.3, -0.25) is 9.80 Å². The lowest BCUT2D eigenvalue weighted by Crippen LogP contribution is -2.49. The van der Waals surface area contributed by atoms with Crippen LogP contribution < -0.4 is 9.47 Å². The monoisotopic (exact) mass is 420 g/mol. The van der Waals surface area contributed by atoms with Gasteiger partial charge in [0.25, 0.3) is 0 Å². The summed E-state index contributed by atoms with van der Waals surface area (Å²) in [7, 11) is 1.68. The minimum absolute atomic E-state index is 0.280. The van der Waals surface area contributed by atoms with E-state index in [0.29, 0.717) is 12.3 Å². The number of aliphatic hydroxyl groups excluding tert-OH is 1. The van der Waals surface area contributed by atoms with E-state index in [9.17, 15) is 5.11 Å². The molecule has 7 heteroatoms. The van der Waals surface area contributed by atoms with E-state index in [0.717, 1.165) is 77.7 Å². The number of β-amino-alcohol motifs (C(OH)–C–C–N with tert-alkyl or cyclic N) is 1. The van der Waals surface area contributed by atoms with Crippen LogP contribution in [0.1, 0.15) is 19.4 Å². The van der Waals surface area contributed by atoms with Crippen LogP contribution >= 0.6 is 0 Å². The first-order chi connectivity index (χ1) is 14.6. The molecule has 2 aliphatic heterocycles. The van der Waals surface area contributed by atoms with Crippen molar-refractivity contribution in [2.45, 2.75) is 26.5 Å². The van der Waals surface area contributed by atoms with E-state index >= 15 is 0 Å². The minimum Gasteiger partial charge on any atom is -0.493 e. The van der Waals surface area contributed by atoms with Crippen LogP contribution in [0.15, 0.2) is 18.2 Å². The molecule has 1 unspecified atom stereocenters.